The average molecular weight is 291 g/mol. The molecule has 0 radical (unpaired) electrons. The Hall–Kier alpha value is -1.71. The summed E-state index contributed by atoms with van der Waals surface area (Å²) in [5.41, 5.74) is 9.64. The van der Waals surface area contributed by atoms with Crippen LogP contribution in [0.15, 0.2) is 42.5 Å². The van der Waals surface area contributed by atoms with Gasteiger partial charge in [0.15, 0.2) is 0 Å². The fourth-order valence-corrected chi connectivity index (χ4v) is 2.40. The number of aryl methyl sites for hydroxylation is 1. The minimum absolute atomic E-state index is 0.0915. The molecule has 2 aromatic rings. The monoisotopic (exact) mass is 290 g/mol. The molecule has 20 heavy (non-hydrogen) atoms. The van der Waals surface area contributed by atoms with E-state index in [1.807, 2.05) is 37.3 Å². The summed E-state index contributed by atoms with van der Waals surface area (Å²) < 4.78 is 0. The van der Waals surface area contributed by atoms with E-state index in [1.165, 1.54) is 5.56 Å². The molecule has 0 saturated carbocycles. The van der Waals surface area contributed by atoms with Gasteiger partial charge in [-0.15, -0.1) is 0 Å². The number of nitrogen functional groups attached to an aromatic ring is 1. The number of halogens is 1. The summed E-state index contributed by atoms with van der Waals surface area (Å²) in [5.74, 6) is 0. The van der Waals surface area contributed by atoms with Gasteiger partial charge in [0.05, 0.1) is 17.3 Å². The molecule has 0 aliphatic heterocycles. The maximum absolute atomic E-state index is 9.29. The largest absolute Gasteiger partial charge is 0.398 e. The first-order valence-corrected chi connectivity index (χ1v) is 6.95. The third-order valence-electron chi connectivity index (χ3n) is 3.24. The zero-order valence-electron chi connectivity index (χ0n) is 11.5. The lowest BCUT2D eigenvalue weighted by Crippen LogP contribution is -2.26. The Morgan fingerprint density at radius 1 is 1.20 bits per heavy atom. The van der Waals surface area contributed by atoms with Gasteiger partial charge < -0.3 is 15.7 Å². The summed E-state index contributed by atoms with van der Waals surface area (Å²) in [5, 5.41) is 9.83. The van der Waals surface area contributed by atoms with Gasteiger partial charge in [-0.1, -0.05) is 41.9 Å². The topological polar surface area (TPSA) is 49.5 Å². The molecule has 0 fully saturated rings. The highest BCUT2D eigenvalue weighted by molar-refractivity contribution is 6.33. The number of nitrogens with zero attached hydrogens (tertiary/aromatic N) is 1. The van der Waals surface area contributed by atoms with Crippen LogP contribution in [0.5, 0.6) is 0 Å². The molecule has 0 atom stereocenters. The van der Waals surface area contributed by atoms with E-state index in [4.69, 9.17) is 17.3 Å². The lowest BCUT2D eigenvalue weighted by atomic mass is 10.1. The molecule has 3 nitrogen and oxygen atoms in total. The highest BCUT2D eigenvalue weighted by atomic mass is 35.5. The lowest BCUT2D eigenvalue weighted by molar-refractivity contribution is 0.301. The second kappa shape index (κ2) is 6.64. The molecule has 4 heteroatoms. The minimum atomic E-state index is 0.0915. The predicted molar refractivity (Wildman–Crippen MR) is 85.2 cm³/mol. The fraction of sp³-hybridized carbons (Fsp3) is 0.250. The minimum Gasteiger partial charge on any atom is -0.398 e. The van der Waals surface area contributed by atoms with E-state index in [1.54, 1.807) is 0 Å². The summed E-state index contributed by atoms with van der Waals surface area (Å²) in [7, 11) is 0. The molecule has 2 aromatic carbocycles. The molecule has 0 saturated heterocycles. The number of rotatable bonds is 5. The zero-order chi connectivity index (χ0) is 14.5. The molecule has 0 aliphatic carbocycles. The summed E-state index contributed by atoms with van der Waals surface area (Å²) in [6, 6.07) is 13.9. The maximum atomic E-state index is 9.29. The van der Waals surface area contributed by atoms with Crippen molar-refractivity contribution in [2.24, 2.45) is 0 Å². The molecule has 0 unspecified atom stereocenters. The van der Waals surface area contributed by atoms with Crippen LogP contribution in [0, 0.1) is 6.92 Å². The number of anilines is 2. The Morgan fingerprint density at radius 3 is 2.55 bits per heavy atom. The Labute approximate surface area is 124 Å². The van der Waals surface area contributed by atoms with Gasteiger partial charge in [0, 0.05) is 18.8 Å². The van der Waals surface area contributed by atoms with Crippen LogP contribution in [0.4, 0.5) is 11.4 Å². The molecule has 0 aromatic heterocycles. The van der Waals surface area contributed by atoms with Crippen LogP contribution in [-0.4, -0.2) is 18.3 Å². The molecular formula is C16H19ClN2O. The number of benzene rings is 2. The smallest absolute Gasteiger partial charge is 0.0656 e. The van der Waals surface area contributed by atoms with E-state index in [-0.39, 0.29) is 6.61 Å². The molecule has 2 rings (SSSR count). The number of aliphatic hydroxyl groups is 1. The number of hydrogen-bond donors (Lipinski definition) is 2. The predicted octanol–water partition coefficient (Wildman–Crippen LogP) is 3.23. The SMILES string of the molecule is Cc1cc(N)c(Cl)cc1N(CCO)Cc1ccccc1. The van der Waals surface area contributed by atoms with Gasteiger partial charge in [-0.05, 0) is 30.2 Å². The van der Waals surface area contributed by atoms with Crippen LogP contribution < -0.4 is 10.6 Å². The van der Waals surface area contributed by atoms with Crippen molar-refractivity contribution in [3.63, 3.8) is 0 Å². The van der Waals surface area contributed by atoms with Gasteiger partial charge in [0.2, 0.25) is 0 Å². The third-order valence-corrected chi connectivity index (χ3v) is 3.57. The highest BCUT2D eigenvalue weighted by Crippen LogP contribution is 2.30. The van der Waals surface area contributed by atoms with E-state index in [2.05, 4.69) is 17.0 Å². The van der Waals surface area contributed by atoms with Crippen molar-refractivity contribution in [2.75, 3.05) is 23.8 Å². The van der Waals surface area contributed by atoms with Gasteiger partial charge in [-0.25, -0.2) is 0 Å². The summed E-state index contributed by atoms with van der Waals surface area (Å²) in [6.07, 6.45) is 0. The first kappa shape index (κ1) is 14.7. The molecule has 106 valence electrons. The van der Waals surface area contributed by atoms with Crippen LogP contribution in [-0.2, 0) is 6.54 Å². The average Bonchev–Trinajstić information content (AvgIpc) is 2.44. The normalized spacial score (nSPS) is 10.6. The van der Waals surface area contributed by atoms with Crippen molar-refractivity contribution < 1.29 is 5.11 Å². The summed E-state index contributed by atoms with van der Waals surface area (Å²) >= 11 is 6.12. The summed E-state index contributed by atoms with van der Waals surface area (Å²) in [4.78, 5) is 2.11. The Morgan fingerprint density at radius 2 is 1.90 bits per heavy atom. The van der Waals surface area contributed by atoms with Gasteiger partial charge in [0.1, 0.15) is 0 Å². The maximum Gasteiger partial charge on any atom is 0.0656 e. The second-order valence-electron chi connectivity index (χ2n) is 4.79. The molecule has 0 bridgehead atoms. The number of hydrogen-bond acceptors (Lipinski definition) is 3. The van der Waals surface area contributed by atoms with Crippen LogP contribution >= 0.6 is 11.6 Å². The number of nitrogens with two attached hydrogens (primary N) is 1. The molecule has 3 N–H and O–H groups in total. The van der Waals surface area contributed by atoms with E-state index < -0.39 is 0 Å². The van der Waals surface area contributed by atoms with E-state index in [0.717, 1.165) is 17.8 Å². The second-order valence-corrected chi connectivity index (χ2v) is 5.20. The highest BCUT2D eigenvalue weighted by Gasteiger charge is 2.12. The summed E-state index contributed by atoms with van der Waals surface area (Å²) in [6.45, 7) is 3.37. The Kier molecular flexibility index (Phi) is 4.88. The van der Waals surface area contributed by atoms with Crippen molar-refractivity contribution >= 4 is 23.0 Å². The Balaban J connectivity index is 2.31. The van der Waals surface area contributed by atoms with Gasteiger partial charge in [-0.2, -0.15) is 0 Å². The van der Waals surface area contributed by atoms with Gasteiger partial charge >= 0.3 is 0 Å². The molecule has 0 spiro atoms. The zero-order valence-corrected chi connectivity index (χ0v) is 12.3. The molecule has 0 heterocycles. The molecular weight excluding hydrogens is 272 g/mol. The van der Waals surface area contributed by atoms with Crippen molar-refractivity contribution in [1.29, 1.82) is 0 Å². The van der Waals surface area contributed by atoms with Crippen molar-refractivity contribution in [3.05, 3.63) is 58.6 Å². The molecule has 0 amide bonds. The van der Waals surface area contributed by atoms with Crippen LogP contribution in [0.25, 0.3) is 0 Å². The lowest BCUT2D eigenvalue weighted by Gasteiger charge is -2.26. The van der Waals surface area contributed by atoms with Crippen LogP contribution in [0.1, 0.15) is 11.1 Å². The quantitative estimate of drug-likeness (QED) is 0.831. The first-order chi connectivity index (χ1) is 9.61. The van der Waals surface area contributed by atoms with Crippen molar-refractivity contribution in [2.45, 2.75) is 13.5 Å². The van der Waals surface area contributed by atoms with E-state index in [0.29, 0.717) is 17.3 Å². The standard InChI is InChI=1S/C16H19ClN2O/c1-12-9-15(18)14(17)10-16(12)19(7-8-20)11-13-5-3-2-4-6-13/h2-6,9-10,20H,7-8,11,18H2,1H3. The van der Waals surface area contributed by atoms with Crippen LogP contribution in [0.3, 0.4) is 0 Å². The number of aliphatic hydroxyl groups excluding tert-OH is 1. The van der Waals surface area contributed by atoms with Gasteiger partial charge in [-0.3, -0.25) is 0 Å². The van der Waals surface area contributed by atoms with Crippen LogP contribution in [0.2, 0.25) is 5.02 Å². The molecule has 0 aliphatic rings. The van der Waals surface area contributed by atoms with Gasteiger partial charge in [0.25, 0.3) is 0 Å². The first-order valence-electron chi connectivity index (χ1n) is 6.57. The van der Waals surface area contributed by atoms with Crippen molar-refractivity contribution in [1.82, 2.24) is 0 Å². The Bertz CT molecular complexity index is 572. The van der Waals surface area contributed by atoms with E-state index in [9.17, 15) is 5.11 Å². The van der Waals surface area contributed by atoms with E-state index >= 15 is 0 Å². The fourth-order valence-electron chi connectivity index (χ4n) is 2.24. The van der Waals surface area contributed by atoms with Crippen molar-refractivity contribution in [3.8, 4) is 0 Å². The third kappa shape index (κ3) is 3.44.